The second-order valence-electron chi connectivity index (χ2n) is 4.02. The monoisotopic (exact) mass is 272 g/mol. The molecule has 94 valence electrons. The summed E-state index contributed by atoms with van der Waals surface area (Å²) in [5.74, 6) is -0.576. The molecule has 3 rings (SSSR count). The summed E-state index contributed by atoms with van der Waals surface area (Å²) in [5.41, 5.74) is 0.455. The van der Waals surface area contributed by atoms with Gasteiger partial charge in [-0.1, -0.05) is 24.3 Å². The normalized spacial score (nSPS) is 10.8. The van der Waals surface area contributed by atoms with Crippen molar-refractivity contribution in [2.45, 2.75) is 5.16 Å². The van der Waals surface area contributed by atoms with Crippen LogP contribution in [0, 0.1) is 5.82 Å². The molecular weight excluding hydrogens is 263 g/mol. The SMILES string of the molecule is O=c1c2c(F)cccc2nc(S)n1-c1ccccc1. The molecule has 0 radical (unpaired) electrons. The summed E-state index contributed by atoms with van der Waals surface area (Å²) in [6.07, 6.45) is 0. The van der Waals surface area contributed by atoms with Gasteiger partial charge in [0.25, 0.3) is 5.56 Å². The Morgan fingerprint density at radius 2 is 1.79 bits per heavy atom. The van der Waals surface area contributed by atoms with Gasteiger partial charge in [0.2, 0.25) is 0 Å². The fraction of sp³-hybridized carbons (Fsp3) is 0. The first-order valence-corrected chi connectivity index (χ1v) is 6.09. The zero-order valence-electron chi connectivity index (χ0n) is 9.75. The largest absolute Gasteiger partial charge is 0.269 e. The zero-order valence-corrected chi connectivity index (χ0v) is 10.6. The Kier molecular flexibility index (Phi) is 2.83. The fourth-order valence-corrected chi connectivity index (χ4v) is 2.30. The smallest absolute Gasteiger partial charge is 0.268 e. The highest BCUT2D eigenvalue weighted by molar-refractivity contribution is 7.80. The van der Waals surface area contributed by atoms with Crippen molar-refractivity contribution in [3.63, 3.8) is 0 Å². The van der Waals surface area contributed by atoms with E-state index in [9.17, 15) is 9.18 Å². The summed E-state index contributed by atoms with van der Waals surface area (Å²) < 4.78 is 15.1. The van der Waals surface area contributed by atoms with Crippen LogP contribution in [0.25, 0.3) is 16.6 Å². The van der Waals surface area contributed by atoms with Gasteiger partial charge in [-0.25, -0.2) is 9.37 Å². The molecule has 0 saturated heterocycles. The van der Waals surface area contributed by atoms with Gasteiger partial charge in [-0.2, -0.15) is 0 Å². The molecule has 0 atom stereocenters. The molecule has 1 heterocycles. The number of benzene rings is 2. The highest BCUT2D eigenvalue weighted by atomic mass is 32.1. The van der Waals surface area contributed by atoms with Crippen LogP contribution in [0.2, 0.25) is 0 Å². The van der Waals surface area contributed by atoms with Gasteiger partial charge in [-0.05, 0) is 24.3 Å². The minimum Gasteiger partial charge on any atom is -0.268 e. The number of hydrogen-bond acceptors (Lipinski definition) is 3. The quantitative estimate of drug-likeness (QED) is 0.546. The van der Waals surface area contributed by atoms with Crippen LogP contribution in [0.5, 0.6) is 0 Å². The van der Waals surface area contributed by atoms with Crippen molar-refractivity contribution in [2.75, 3.05) is 0 Å². The zero-order chi connectivity index (χ0) is 13.4. The van der Waals surface area contributed by atoms with Gasteiger partial charge < -0.3 is 0 Å². The van der Waals surface area contributed by atoms with Crippen molar-refractivity contribution in [3.8, 4) is 5.69 Å². The van der Waals surface area contributed by atoms with Crippen LogP contribution in [0.3, 0.4) is 0 Å². The molecule has 2 aromatic carbocycles. The molecule has 0 aliphatic carbocycles. The Bertz CT molecular complexity index is 815. The van der Waals surface area contributed by atoms with Crippen molar-refractivity contribution >= 4 is 23.5 Å². The minimum absolute atomic E-state index is 0.0239. The van der Waals surface area contributed by atoms with Gasteiger partial charge in [-0.15, -0.1) is 12.6 Å². The molecule has 3 nitrogen and oxygen atoms in total. The summed E-state index contributed by atoms with van der Waals surface area (Å²) in [7, 11) is 0. The molecule has 0 N–H and O–H groups in total. The number of halogens is 1. The number of thiol groups is 1. The Balaban J connectivity index is 2.45. The summed E-state index contributed by atoms with van der Waals surface area (Å²) in [4.78, 5) is 16.6. The van der Waals surface area contributed by atoms with Crippen molar-refractivity contribution < 1.29 is 4.39 Å². The van der Waals surface area contributed by atoms with E-state index >= 15 is 0 Å². The van der Waals surface area contributed by atoms with Crippen molar-refractivity contribution in [2.24, 2.45) is 0 Å². The third-order valence-corrected chi connectivity index (χ3v) is 3.14. The van der Waals surface area contributed by atoms with Crippen LogP contribution in [-0.2, 0) is 0 Å². The lowest BCUT2D eigenvalue weighted by molar-refractivity contribution is 0.635. The lowest BCUT2D eigenvalue weighted by Crippen LogP contribution is -2.21. The highest BCUT2D eigenvalue weighted by Crippen LogP contribution is 2.16. The third kappa shape index (κ3) is 1.92. The number of para-hydroxylation sites is 1. The second-order valence-corrected chi connectivity index (χ2v) is 4.42. The Morgan fingerprint density at radius 1 is 1.05 bits per heavy atom. The lowest BCUT2D eigenvalue weighted by Gasteiger charge is -2.10. The summed E-state index contributed by atoms with van der Waals surface area (Å²) >= 11 is 4.22. The first kappa shape index (κ1) is 11.9. The van der Waals surface area contributed by atoms with E-state index in [1.54, 1.807) is 30.3 Å². The second kappa shape index (κ2) is 4.51. The number of nitrogens with zero attached hydrogens (tertiary/aromatic N) is 2. The summed E-state index contributed by atoms with van der Waals surface area (Å²) in [6, 6.07) is 13.3. The molecule has 0 saturated carbocycles. The standard InChI is InChI=1S/C14H9FN2OS/c15-10-7-4-8-11-12(10)13(18)17(14(19)16-11)9-5-2-1-3-6-9/h1-8H,(H,16,19). The summed E-state index contributed by atoms with van der Waals surface area (Å²) in [5, 5.41) is 0.207. The maximum atomic E-state index is 13.8. The minimum atomic E-state index is -0.576. The highest BCUT2D eigenvalue weighted by Gasteiger charge is 2.13. The van der Waals surface area contributed by atoms with Crippen molar-refractivity contribution in [1.29, 1.82) is 0 Å². The number of aromatic nitrogens is 2. The van der Waals surface area contributed by atoms with Gasteiger partial charge in [0.1, 0.15) is 11.2 Å². The number of rotatable bonds is 1. The molecule has 5 heteroatoms. The molecule has 0 bridgehead atoms. The van der Waals surface area contributed by atoms with Crippen LogP contribution >= 0.6 is 12.6 Å². The molecule has 1 aromatic heterocycles. The Morgan fingerprint density at radius 3 is 2.53 bits per heavy atom. The number of hydrogen-bond donors (Lipinski definition) is 1. The average molecular weight is 272 g/mol. The van der Waals surface area contributed by atoms with Crippen LogP contribution in [0.1, 0.15) is 0 Å². The maximum Gasteiger partial charge on any atom is 0.269 e. The third-order valence-electron chi connectivity index (χ3n) is 2.84. The maximum absolute atomic E-state index is 13.8. The molecule has 0 aliphatic rings. The van der Waals surface area contributed by atoms with Crippen LogP contribution < -0.4 is 5.56 Å². The first-order valence-electron chi connectivity index (χ1n) is 5.64. The predicted octanol–water partition coefficient (Wildman–Crippen LogP) is 2.81. The number of fused-ring (bicyclic) bond motifs is 1. The molecule has 0 aliphatic heterocycles. The van der Waals surface area contributed by atoms with Gasteiger partial charge in [0, 0.05) is 0 Å². The van der Waals surface area contributed by atoms with Gasteiger partial charge in [0.15, 0.2) is 5.16 Å². The van der Waals surface area contributed by atoms with E-state index in [1.165, 1.54) is 16.7 Å². The van der Waals surface area contributed by atoms with Crippen molar-refractivity contribution in [3.05, 3.63) is 64.7 Å². The molecule has 19 heavy (non-hydrogen) atoms. The molecule has 3 aromatic rings. The van der Waals surface area contributed by atoms with E-state index in [4.69, 9.17) is 0 Å². The van der Waals surface area contributed by atoms with Crippen molar-refractivity contribution in [1.82, 2.24) is 9.55 Å². The van der Waals surface area contributed by atoms with E-state index in [1.807, 2.05) is 6.07 Å². The topological polar surface area (TPSA) is 34.9 Å². The van der Waals surface area contributed by atoms with E-state index in [0.717, 1.165) is 0 Å². The van der Waals surface area contributed by atoms with E-state index in [0.29, 0.717) is 11.2 Å². The molecule has 0 unspecified atom stereocenters. The molecule has 0 spiro atoms. The Hall–Kier alpha value is -2.14. The predicted molar refractivity (Wildman–Crippen MR) is 74.6 cm³/mol. The molecule has 0 amide bonds. The average Bonchev–Trinajstić information content (AvgIpc) is 2.39. The first-order chi connectivity index (χ1) is 9.18. The Labute approximate surface area is 113 Å². The van der Waals surface area contributed by atoms with Crippen LogP contribution in [0.4, 0.5) is 4.39 Å². The van der Waals surface area contributed by atoms with E-state index < -0.39 is 11.4 Å². The van der Waals surface area contributed by atoms with Crippen LogP contribution in [0.15, 0.2) is 58.5 Å². The molecular formula is C14H9FN2OS. The molecule has 0 fully saturated rings. The van der Waals surface area contributed by atoms with Crippen LogP contribution in [-0.4, -0.2) is 9.55 Å². The van der Waals surface area contributed by atoms with Gasteiger partial charge in [-0.3, -0.25) is 9.36 Å². The van der Waals surface area contributed by atoms with Gasteiger partial charge in [0.05, 0.1) is 11.2 Å². The van der Waals surface area contributed by atoms with E-state index in [-0.39, 0.29) is 10.5 Å². The summed E-state index contributed by atoms with van der Waals surface area (Å²) in [6.45, 7) is 0. The fourth-order valence-electron chi connectivity index (χ4n) is 1.99. The van der Waals surface area contributed by atoms with E-state index in [2.05, 4.69) is 17.6 Å². The van der Waals surface area contributed by atoms with Gasteiger partial charge >= 0.3 is 0 Å². The lowest BCUT2D eigenvalue weighted by atomic mass is 10.2.